The number of thiophene rings is 2. The lowest BCUT2D eigenvalue weighted by Gasteiger charge is -2.08. The van der Waals surface area contributed by atoms with Crippen LogP contribution in [0.2, 0.25) is 0 Å². The predicted octanol–water partition coefficient (Wildman–Crippen LogP) is 16.0. The summed E-state index contributed by atoms with van der Waals surface area (Å²) < 4.78 is 5.35. The first kappa shape index (κ1) is 30.2. The van der Waals surface area contributed by atoms with Crippen molar-refractivity contribution in [3.8, 4) is 33.4 Å². The monoisotopic (exact) mass is 718 g/mol. The second-order valence-corrected chi connectivity index (χ2v) is 16.7. The Morgan fingerprint density at radius 2 is 0.481 bits per heavy atom. The molecule has 0 spiro atoms. The number of hydrogen-bond donors (Lipinski definition) is 0. The van der Waals surface area contributed by atoms with Gasteiger partial charge in [0.1, 0.15) is 0 Å². The minimum absolute atomic E-state index is 1.25. The van der Waals surface area contributed by atoms with E-state index in [0.717, 1.165) is 0 Å². The second kappa shape index (κ2) is 11.6. The number of rotatable bonds is 3. The van der Waals surface area contributed by atoms with E-state index in [1.807, 2.05) is 22.7 Å². The van der Waals surface area contributed by atoms with Crippen LogP contribution in [0.1, 0.15) is 0 Å². The first-order valence-electron chi connectivity index (χ1n) is 18.5. The van der Waals surface area contributed by atoms with E-state index < -0.39 is 0 Å². The van der Waals surface area contributed by atoms with Crippen LogP contribution in [-0.4, -0.2) is 0 Å². The van der Waals surface area contributed by atoms with E-state index in [9.17, 15) is 0 Å². The summed E-state index contributed by atoms with van der Waals surface area (Å²) in [7, 11) is 0. The van der Waals surface area contributed by atoms with Crippen LogP contribution in [0.5, 0.6) is 0 Å². The molecule has 54 heavy (non-hydrogen) atoms. The van der Waals surface area contributed by atoms with Gasteiger partial charge >= 0.3 is 0 Å². The Balaban J connectivity index is 0.935. The van der Waals surface area contributed by atoms with Crippen molar-refractivity contribution in [3.05, 3.63) is 182 Å². The molecule has 12 aromatic rings. The molecule has 0 saturated carbocycles. The van der Waals surface area contributed by atoms with Gasteiger partial charge in [-0.15, -0.1) is 22.7 Å². The highest BCUT2D eigenvalue weighted by Crippen LogP contribution is 2.42. The molecule has 0 amide bonds. The molecule has 0 aliphatic heterocycles. The van der Waals surface area contributed by atoms with Crippen LogP contribution in [0, 0.1) is 0 Å². The number of benzene rings is 10. The second-order valence-electron chi connectivity index (χ2n) is 14.6. The number of fused-ring (bicyclic) bond motifs is 10. The average molecular weight is 719 g/mol. The fourth-order valence-electron chi connectivity index (χ4n) is 8.50. The summed E-state index contributed by atoms with van der Waals surface area (Å²) in [6.07, 6.45) is 0. The third kappa shape index (κ3) is 4.81. The van der Waals surface area contributed by atoms with E-state index in [-0.39, 0.29) is 0 Å². The normalized spacial score (nSPS) is 12.1. The third-order valence-corrected chi connectivity index (χ3v) is 13.6. The van der Waals surface area contributed by atoms with Crippen LogP contribution < -0.4 is 0 Å². The molecular weight excluding hydrogens is 689 g/mol. The molecule has 250 valence electrons. The molecule has 0 fully saturated rings. The van der Waals surface area contributed by atoms with Gasteiger partial charge in [0.25, 0.3) is 0 Å². The molecule has 2 aromatic heterocycles. The highest BCUT2D eigenvalue weighted by atomic mass is 32.1. The lowest BCUT2D eigenvalue weighted by Crippen LogP contribution is -1.82. The van der Waals surface area contributed by atoms with Crippen molar-refractivity contribution in [1.29, 1.82) is 0 Å². The van der Waals surface area contributed by atoms with Crippen LogP contribution >= 0.6 is 22.7 Å². The molecule has 10 aromatic carbocycles. The molecule has 0 radical (unpaired) electrons. The van der Waals surface area contributed by atoms with Gasteiger partial charge in [-0.25, -0.2) is 0 Å². The summed E-state index contributed by atoms with van der Waals surface area (Å²) in [5.41, 5.74) is 7.52. The largest absolute Gasteiger partial charge is 0.135 e. The quantitative estimate of drug-likeness (QED) is 0.171. The molecular formula is C52H30S2. The van der Waals surface area contributed by atoms with Gasteiger partial charge in [0, 0.05) is 40.3 Å². The van der Waals surface area contributed by atoms with Crippen LogP contribution in [0.25, 0.3) is 117 Å². The molecule has 12 rings (SSSR count). The molecule has 2 heterocycles. The molecule has 0 bridgehead atoms. The summed E-state index contributed by atoms with van der Waals surface area (Å²) in [4.78, 5) is 0. The van der Waals surface area contributed by atoms with Gasteiger partial charge in [0.05, 0.1) is 0 Å². The minimum Gasteiger partial charge on any atom is -0.135 e. The topological polar surface area (TPSA) is 0 Å². The zero-order valence-corrected chi connectivity index (χ0v) is 30.8. The van der Waals surface area contributed by atoms with Gasteiger partial charge in [-0.2, -0.15) is 0 Å². The van der Waals surface area contributed by atoms with E-state index in [4.69, 9.17) is 0 Å². The van der Waals surface area contributed by atoms with Gasteiger partial charge < -0.3 is 0 Å². The molecule has 0 aliphatic carbocycles. The molecule has 0 aliphatic rings. The summed E-state index contributed by atoms with van der Waals surface area (Å²) in [5, 5.41) is 15.6. The van der Waals surface area contributed by atoms with E-state index >= 15 is 0 Å². The molecule has 0 N–H and O–H groups in total. The Hall–Kier alpha value is -6.32. The van der Waals surface area contributed by atoms with Crippen molar-refractivity contribution in [1.82, 2.24) is 0 Å². The molecule has 2 heteroatoms. The maximum atomic E-state index is 2.41. The fraction of sp³-hybridized carbons (Fsp3) is 0. The van der Waals surface area contributed by atoms with Crippen molar-refractivity contribution >= 4 is 106 Å². The summed E-state index contributed by atoms with van der Waals surface area (Å²) in [6.45, 7) is 0. The Labute approximate surface area is 319 Å². The standard InChI is InChI=1S/C52H30S2/c1-3-7-31(8-4-1)33-11-15-37-23-45-47-25-41-21-35(13-17-39(41)27-49(47)53-51(45)29-43(37)19-33)36-14-18-40-28-50-48(26-42(40)22-36)46-24-38-16-12-34(32-9-5-2-6-10-32)20-44(38)30-52(46)54-50/h1-30H. The van der Waals surface area contributed by atoms with Crippen molar-refractivity contribution < 1.29 is 0 Å². The van der Waals surface area contributed by atoms with Crippen molar-refractivity contribution in [2.75, 3.05) is 0 Å². The fourth-order valence-corrected chi connectivity index (χ4v) is 10.8. The molecule has 0 unspecified atom stereocenters. The van der Waals surface area contributed by atoms with Gasteiger partial charge in [0.15, 0.2) is 0 Å². The first-order valence-corrected chi connectivity index (χ1v) is 20.1. The zero-order valence-electron chi connectivity index (χ0n) is 29.1. The third-order valence-electron chi connectivity index (χ3n) is 11.3. The Morgan fingerprint density at radius 1 is 0.204 bits per heavy atom. The van der Waals surface area contributed by atoms with Gasteiger partial charge in [-0.3, -0.25) is 0 Å². The Morgan fingerprint density at radius 3 is 0.852 bits per heavy atom. The maximum Gasteiger partial charge on any atom is 0.0361 e. The summed E-state index contributed by atoms with van der Waals surface area (Å²) in [6, 6.07) is 68.1. The lowest BCUT2D eigenvalue weighted by molar-refractivity contribution is 1.65. The SMILES string of the molecule is c1ccc(-c2ccc3cc4c(cc3c2)sc2cc3ccc(-c5ccc6cc7sc8cc9cc(-c%10ccccc%10)ccc9cc8c7cc6c5)cc3cc24)cc1. The molecule has 0 saturated heterocycles. The Bertz CT molecular complexity index is 3240. The van der Waals surface area contributed by atoms with Gasteiger partial charge in [-0.05, 0) is 149 Å². The zero-order chi connectivity index (χ0) is 35.3. The van der Waals surface area contributed by atoms with Gasteiger partial charge in [-0.1, -0.05) is 109 Å². The van der Waals surface area contributed by atoms with Crippen molar-refractivity contribution in [2.45, 2.75) is 0 Å². The highest BCUT2D eigenvalue weighted by Gasteiger charge is 2.13. The smallest absolute Gasteiger partial charge is 0.0361 e. The molecule has 0 atom stereocenters. The van der Waals surface area contributed by atoms with E-state index in [1.165, 1.54) is 117 Å². The van der Waals surface area contributed by atoms with Crippen LogP contribution in [0.4, 0.5) is 0 Å². The van der Waals surface area contributed by atoms with Gasteiger partial charge in [0.2, 0.25) is 0 Å². The lowest BCUT2D eigenvalue weighted by atomic mass is 9.96. The molecule has 0 nitrogen and oxygen atoms in total. The van der Waals surface area contributed by atoms with E-state index in [1.54, 1.807) is 0 Å². The predicted molar refractivity (Wildman–Crippen MR) is 239 cm³/mol. The van der Waals surface area contributed by atoms with Crippen molar-refractivity contribution in [2.24, 2.45) is 0 Å². The first-order chi connectivity index (χ1) is 26.7. The summed E-state index contributed by atoms with van der Waals surface area (Å²) >= 11 is 3.80. The van der Waals surface area contributed by atoms with E-state index in [0.29, 0.717) is 0 Å². The van der Waals surface area contributed by atoms with Crippen LogP contribution in [0.15, 0.2) is 182 Å². The average Bonchev–Trinajstić information content (AvgIpc) is 3.75. The minimum atomic E-state index is 1.25. The Kier molecular flexibility index (Phi) is 6.48. The van der Waals surface area contributed by atoms with Crippen molar-refractivity contribution in [3.63, 3.8) is 0 Å². The van der Waals surface area contributed by atoms with Crippen LogP contribution in [-0.2, 0) is 0 Å². The van der Waals surface area contributed by atoms with E-state index in [2.05, 4.69) is 182 Å². The highest BCUT2D eigenvalue weighted by molar-refractivity contribution is 7.26. The maximum absolute atomic E-state index is 2.41. The summed E-state index contributed by atoms with van der Waals surface area (Å²) in [5.74, 6) is 0. The number of hydrogen-bond acceptors (Lipinski definition) is 2. The van der Waals surface area contributed by atoms with Crippen LogP contribution in [0.3, 0.4) is 0 Å².